The van der Waals surface area contributed by atoms with E-state index in [-0.39, 0.29) is 12.5 Å². The van der Waals surface area contributed by atoms with Crippen molar-refractivity contribution in [2.45, 2.75) is 50.9 Å². The molecule has 3 atom stereocenters. The number of carbonyl (C=O) groups is 1. The van der Waals surface area contributed by atoms with Gasteiger partial charge in [0.15, 0.2) is 9.84 Å². The van der Waals surface area contributed by atoms with Gasteiger partial charge in [-0.1, -0.05) is 13.8 Å². The number of carbonyl (C=O) groups excluding carboxylic acids is 1. The minimum absolute atomic E-state index is 0.175. The maximum atomic E-state index is 12.1. The molecule has 0 aromatic rings. The predicted octanol–water partition coefficient (Wildman–Crippen LogP) is 1.15. The first-order valence-corrected chi connectivity index (χ1v) is 8.68. The van der Waals surface area contributed by atoms with Crippen LogP contribution in [0.5, 0.6) is 0 Å². The number of sulfone groups is 1. The third-order valence-electron chi connectivity index (χ3n) is 3.86. The molecule has 19 heavy (non-hydrogen) atoms. The van der Waals surface area contributed by atoms with Crippen molar-refractivity contribution in [2.75, 3.05) is 12.9 Å². The zero-order valence-corrected chi connectivity index (χ0v) is 12.9. The van der Waals surface area contributed by atoms with Gasteiger partial charge in [-0.25, -0.2) is 8.42 Å². The van der Waals surface area contributed by atoms with E-state index < -0.39 is 32.6 Å². The summed E-state index contributed by atoms with van der Waals surface area (Å²) < 4.78 is 28.7. The molecule has 1 aliphatic carbocycles. The maximum Gasteiger partial charge on any atom is 0.312 e. The summed E-state index contributed by atoms with van der Waals surface area (Å²) in [5.41, 5.74) is -1.51. The van der Waals surface area contributed by atoms with E-state index in [1.54, 1.807) is 20.8 Å². The second-order valence-electron chi connectivity index (χ2n) is 5.68. The highest BCUT2D eigenvalue weighted by Crippen LogP contribution is 2.43. The minimum Gasteiger partial charge on any atom is -0.466 e. The molecule has 1 rings (SSSR count). The average molecular weight is 292 g/mol. The van der Waals surface area contributed by atoms with Gasteiger partial charge in [-0.05, 0) is 32.1 Å². The monoisotopic (exact) mass is 292 g/mol. The van der Waals surface area contributed by atoms with Gasteiger partial charge < -0.3 is 9.84 Å². The van der Waals surface area contributed by atoms with Gasteiger partial charge in [-0.3, -0.25) is 4.79 Å². The van der Waals surface area contributed by atoms with Gasteiger partial charge >= 0.3 is 5.97 Å². The van der Waals surface area contributed by atoms with Crippen molar-refractivity contribution in [1.29, 1.82) is 0 Å². The Labute approximate surface area is 115 Å². The predicted molar refractivity (Wildman–Crippen MR) is 72.4 cm³/mol. The summed E-state index contributed by atoms with van der Waals surface area (Å²) in [5.74, 6) is -1.48. The van der Waals surface area contributed by atoms with E-state index in [4.69, 9.17) is 4.74 Å². The lowest BCUT2D eigenvalue weighted by atomic mass is 9.78. The van der Waals surface area contributed by atoms with Gasteiger partial charge in [0.05, 0.1) is 23.4 Å². The molecule has 6 heteroatoms. The highest BCUT2D eigenvalue weighted by atomic mass is 32.2. The van der Waals surface area contributed by atoms with Crippen molar-refractivity contribution in [3.8, 4) is 0 Å². The molecule has 3 unspecified atom stereocenters. The van der Waals surface area contributed by atoms with E-state index in [0.29, 0.717) is 19.3 Å². The molecule has 1 N–H and O–H groups in total. The molecule has 0 amide bonds. The molecule has 0 spiro atoms. The Morgan fingerprint density at radius 1 is 1.47 bits per heavy atom. The Morgan fingerprint density at radius 2 is 2.05 bits per heavy atom. The Hall–Kier alpha value is -0.620. The lowest BCUT2D eigenvalue weighted by Gasteiger charge is -2.37. The van der Waals surface area contributed by atoms with Crippen molar-refractivity contribution >= 4 is 15.8 Å². The van der Waals surface area contributed by atoms with Crippen LogP contribution in [0.3, 0.4) is 0 Å². The topological polar surface area (TPSA) is 80.7 Å². The van der Waals surface area contributed by atoms with E-state index >= 15 is 0 Å². The van der Waals surface area contributed by atoms with Crippen LogP contribution in [0.4, 0.5) is 0 Å². The Kier molecular flexibility index (Phi) is 5.01. The van der Waals surface area contributed by atoms with Crippen LogP contribution in [-0.4, -0.2) is 43.2 Å². The van der Waals surface area contributed by atoms with Crippen LogP contribution in [-0.2, 0) is 19.4 Å². The summed E-state index contributed by atoms with van der Waals surface area (Å²) in [7, 11) is -3.39. The zero-order valence-electron chi connectivity index (χ0n) is 12.0. The van der Waals surface area contributed by atoms with Crippen LogP contribution >= 0.6 is 0 Å². The van der Waals surface area contributed by atoms with E-state index in [1.165, 1.54) is 0 Å². The fourth-order valence-corrected chi connectivity index (χ4v) is 4.81. The Morgan fingerprint density at radius 3 is 2.47 bits per heavy atom. The summed E-state index contributed by atoms with van der Waals surface area (Å²) in [6.45, 7) is 5.53. The molecule has 1 fully saturated rings. The van der Waals surface area contributed by atoms with Crippen molar-refractivity contribution in [3.63, 3.8) is 0 Å². The maximum absolute atomic E-state index is 12.1. The molecule has 1 aliphatic rings. The largest absolute Gasteiger partial charge is 0.466 e. The van der Waals surface area contributed by atoms with Gasteiger partial charge in [-0.2, -0.15) is 0 Å². The number of hydrogen-bond donors (Lipinski definition) is 1. The summed E-state index contributed by atoms with van der Waals surface area (Å²) in [6, 6.07) is 0. The van der Waals surface area contributed by atoms with E-state index in [2.05, 4.69) is 0 Å². The van der Waals surface area contributed by atoms with E-state index in [0.717, 1.165) is 6.26 Å². The molecule has 0 radical (unpaired) electrons. The number of esters is 1. The normalized spacial score (nSPS) is 29.5. The number of ether oxygens (including phenoxy) is 1. The highest BCUT2D eigenvalue weighted by Gasteiger charge is 2.55. The number of aliphatic hydroxyl groups is 1. The van der Waals surface area contributed by atoms with E-state index in [9.17, 15) is 18.3 Å². The third kappa shape index (κ3) is 3.28. The highest BCUT2D eigenvalue weighted by molar-refractivity contribution is 7.91. The molecule has 0 aliphatic heterocycles. The fourth-order valence-electron chi connectivity index (χ4n) is 3.21. The first-order chi connectivity index (χ1) is 8.64. The molecule has 0 saturated heterocycles. The summed E-state index contributed by atoms with van der Waals surface area (Å²) in [5, 5.41) is 9.96. The molecule has 112 valence electrons. The lowest BCUT2D eigenvalue weighted by molar-refractivity contribution is -0.161. The minimum atomic E-state index is -3.39. The second kappa shape index (κ2) is 5.79. The summed E-state index contributed by atoms with van der Waals surface area (Å²) in [4.78, 5) is 12.1. The summed E-state index contributed by atoms with van der Waals surface area (Å²) >= 11 is 0. The first kappa shape index (κ1) is 16.4. The van der Waals surface area contributed by atoms with Gasteiger partial charge in [0.25, 0.3) is 0 Å². The van der Waals surface area contributed by atoms with Crippen molar-refractivity contribution in [3.05, 3.63) is 0 Å². The van der Waals surface area contributed by atoms with Crippen LogP contribution in [0.1, 0.15) is 40.0 Å². The lowest BCUT2D eigenvalue weighted by Crippen LogP contribution is -2.53. The van der Waals surface area contributed by atoms with Crippen LogP contribution in [0, 0.1) is 11.8 Å². The number of hydrogen-bond acceptors (Lipinski definition) is 5. The summed E-state index contributed by atoms with van der Waals surface area (Å²) in [6.07, 6.45) is 2.46. The molecule has 0 bridgehead atoms. The SMILES string of the molecule is CCOC(=O)C(C(C)C)C1(O)CCCC1S(C)(=O)=O. The molecule has 0 heterocycles. The second-order valence-corrected chi connectivity index (χ2v) is 7.90. The van der Waals surface area contributed by atoms with Crippen molar-refractivity contribution < 1.29 is 23.1 Å². The van der Waals surface area contributed by atoms with Gasteiger partial charge in [0, 0.05) is 6.26 Å². The average Bonchev–Trinajstić information content (AvgIpc) is 2.59. The molecule has 5 nitrogen and oxygen atoms in total. The Balaban J connectivity index is 3.16. The third-order valence-corrected chi connectivity index (χ3v) is 5.54. The van der Waals surface area contributed by atoms with Crippen molar-refractivity contribution in [2.24, 2.45) is 11.8 Å². The molecular formula is C13H24O5S. The quantitative estimate of drug-likeness (QED) is 0.769. The molecule has 0 aromatic heterocycles. The first-order valence-electron chi connectivity index (χ1n) is 6.72. The van der Waals surface area contributed by atoms with Gasteiger partial charge in [0.2, 0.25) is 0 Å². The van der Waals surface area contributed by atoms with Crippen molar-refractivity contribution in [1.82, 2.24) is 0 Å². The molecular weight excluding hydrogens is 268 g/mol. The molecule has 0 aromatic carbocycles. The van der Waals surface area contributed by atoms with E-state index in [1.807, 2.05) is 0 Å². The molecule has 1 saturated carbocycles. The van der Waals surface area contributed by atoms with Gasteiger partial charge in [0.1, 0.15) is 0 Å². The van der Waals surface area contributed by atoms with Crippen LogP contribution in [0.2, 0.25) is 0 Å². The van der Waals surface area contributed by atoms with Crippen LogP contribution < -0.4 is 0 Å². The standard InChI is InChI=1S/C13H24O5S/c1-5-18-12(14)11(9(2)3)13(15)8-6-7-10(13)19(4,16)17/h9-11,15H,5-8H2,1-4H3. The van der Waals surface area contributed by atoms with Crippen LogP contribution in [0.25, 0.3) is 0 Å². The fraction of sp³-hybridized carbons (Fsp3) is 0.923. The van der Waals surface area contributed by atoms with Crippen LogP contribution in [0.15, 0.2) is 0 Å². The van der Waals surface area contributed by atoms with Gasteiger partial charge in [-0.15, -0.1) is 0 Å². The Bertz CT molecular complexity index is 428. The zero-order chi connectivity index (χ0) is 14.8. The smallest absolute Gasteiger partial charge is 0.312 e. The number of rotatable bonds is 5.